The molecule has 2 aromatic rings. The molecule has 8 heteroatoms. The first-order chi connectivity index (χ1) is 13.0. The number of carboxylic acid groups (broad SMARTS) is 1. The molecule has 0 aromatic carbocycles. The number of rotatable bonds is 6. The van der Waals surface area contributed by atoms with Crippen LogP contribution >= 0.6 is 0 Å². The van der Waals surface area contributed by atoms with E-state index in [1.165, 1.54) is 12.3 Å². The monoisotopic (exact) mass is 372 g/mol. The first kappa shape index (κ1) is 19.1. The minimum Gasteiger partial charge on any atom is -0.478 e. The number of aryl methyl sites for hydroxylation is 1. The summed E-state index contributed by atoms with van der Waals surface area (Å²) in [7, 11) is 0. The van der Waals surface area contributed by atoms with Crippen LogP contribution in [-0.2, 0) is 11.3 Å². The molecule has 0 aliphatic carbocycles. The summed E-state index contributed by atoms with van der Waals surface area (Å²) in [5.41, 5.74) is 7.02. The van der Waals surface area contributed by atoms with Crippen LogP contribution in [-0.4, -0.2) is 46.0 Å². The maximum Gasteiger partial charge on any atom is 0.336 e. The zero-order valence-electron chi connectivity index (χ0n) is 15.2. The van der Waals surface area contributed by atoms with E-state index in [1.54, 1.807) is 6.26 Å². The highest BCUT2D eigenvalue weighted by atomic mass is 16.4. The van der Waals surface area contributed by atoms with Gasteiger partial charge in [-0.25, -0.2) is 4.79 Å². The van der Waals surface area contributed by atoms with Crippen molar-refractivity contribution < 1.29 is 19.1 Å². The number of likely N-dealkylation sites (tertiary alicyclic amines) is 1. The van der Waals surface area contributed by atoms with Crippen molar-refractivity contribution in [3.8, 4) is 0 Å². The first-order valence-corrected chi connectivity index (χ1v) is 8.94. The predicted molar refractivity (Wildman–Crippen MR) is 98.0 cm³/mol. The molecule has 1 amide bonds. The van der Waals surface area contributed by atoms with Crippen molar-refractivity contribution in [2.45, 2.75) is 38.4 Å². The Hall–Kier alpha value is -2.71. The molecule has 2 atom stereocenters. The predicted octanol–water partition coefficient (Wildman–Crippen LogP) is 1.46. The fraction of sp³-hybridized carbons (Fsp3) is 0.421. The summed E-state index contributed by atoms with van der Waals surface area (Å²) in [6.45, 7) is 3.00. The van der Waals surface area contributed by atoms with Crippen LogP contribution in [0.3, 0.4) is 0 Å². The molecule has 0 bridgehead atoms. The average molecular weight is 372 g/mol. The molecule has 1 aliphatic heterocycles. The number of nitrogens with two attached hydrogens (primary N) is 1. The second-order valence-corrected chi connectivity index (χ2v) is 6.72. The number of nitrogens with one attached hydrogen (secondary N) is 1. The highest BCUT2D eigenvalue weighted by Gasteiger charge is 2.34. The van der Waals surface area contributed by atoms with Gasteiger partial charge in [-0.05, 0) is 38.0 Å². The molecule has 0 radical (unpaired) electrons. The van der Waals surface area contributed by atoms with Crippen molar-refractivity contribution in [2.75, 3.05) is 13.1 Å². The fourth-order valence-electron chi connectivity index (χ4n) is 3.71. The lowest BCUT2D eigenvalue weighted by Gasteiger charge is -2.40. The molecule has 3 rings (SSSR count). The molecule has 1 saturated heterocycles. The summed E-state index contributed by atoms with van der Waals surface area (Å²) in [6.07, 6.45) is 4.47. The van der Waals surface area contributed by atoms with E-state index in [9.17, 15) is 14.7 Å². The van der Waals surface area contributed by atoms with Crippen molar-refractivity contribution in [3.63, 3.8) is 0 Å². The molecular formula is C19H24N4O4. The van der Waals surface area contributed by atoms with E-state index in [-0.39, 0.29) is 30.1 Å². The van der Waals surface area contributed by atoms with Crippen molar-refractivity contribution in [1.82, 2.24) is 15.2 Å². The Morgan fingerprint density at radius 2 is 2.26 bits per heavy atom. The highest BCUT2D eigenvalue weighted by molar-refractivity contribution is 5.89. The van der Waals surface area contributed by atoms with Crippen molar-refractivity contribution in [3.05, 3.63) is 53.2 Å². The molecular weight excluding hydrogens is 348 g/mol. The molecule has 27 heavy (non-hydrogen) atoms. The Morgan fingerprint density at radius 3 is 2.93 bits per heavy atom. The summed E-state index contributed by atoms with van der Waals surface area (Å²) >= 11 is 0. The van der Waals surface area contributed by atoms with Crippen LogP contribution in [0.1, 0.15) is 46.3 Å². The number of carbonyl (C=O) groups excluding carboxylic acids is 1. The van der Waals surface area contributed by atoms with Crippen LogP contribution in [0.2, 0.25) is 0 Å². The largest absolute Gasteiger partial charge is 0.478 e. The van der Waals surface area contributed by atoms with E-state index in [0.29, 0.717) is 30.8 Å². The molecule has 8 nitrogen and oxygen atoms in total. The third-order valence-electron chi connectivity index (χ3n) is 4.96. The van der Waals surface area contributed by atoms with Gasteiger partial charge in [-0.2, -0.15) is 0 Å². The Morgan fingerprint density at radius 1 is 1.44 bits per heavy atom. The van der Waals surface area contributed by atoms with E-state index in [0.717, 1.165) is 12.2 Å². The van der Waals surface area contributed by atoms with E-state index >= 15 is 0 Å². The number of pyridine rings is 1. The van der Waals surface area contributed by atoms with Crippen LogP contribution in [0.5, 0.6) is 0 Å². The smallest absolute Gasteiger partial charge is 0.336 e. The van der Waals surface area contributed by atoms with E-state index in [1.807, 2.05) is 19.1 Å². The molecule has 1 aliphatic rings. The Kier molecular flexibility index (Phi) is 5.88. The number of carboxylic acids is 1. The third-order valence-corrected chi connectivity index (χ3v) is 4.96. The first-order valence-electron chi connectivity index (χ1n) is 8.94. The molecule has 1 fully saturated rings. The van der Waals surface area contributed by atoms with Gasteiger partial charge in [-0.1, -0.05) is 0 Å². The lowest BCUT2D eigenvalue weighted by Crippen LogP contribution is -2.47. The van der Waals surface area contributed by atoms with Crippen LogP contribution in [0.15, 0.2) is 35.1 Å². The normalized spacial score (nSPS) is 20.4. The number of nitrogens with zero attached hydrogens (tertiary/aromatic N) is 2. The maximum atomic E-state index is 11.8. The summed E-state index contributed by atoms with van der Waals surface area (Å²) in [5.74, 6) is -0.385. The maximum absolute atomic E-state index is 11.8. The molecule has 0 spiro atoms. The van der Waals surface area contributed by atoms with Crippen LogP contribution in [0.25, 0.3) is 0 Å². The third kappa shape index (κ3) is 4.35. The lowest BCUT2D eigenvalue weighted by atomic mass is 9.88. The van der Waals surface area contributed by atoms with Gasteiger partial charge < -0.3 is 20.6 Å². The Labute approximate surface area is 157 Å². The minimum absolute atomic E-state index is 0.0659. The van der Waals surface area contributed by atoms with Gasteiger partial charge in [-0.3, -0.25) is 14.7 Å². The van der Waals surface area contributed by atoms with Crippen LogP contribution < -0.4 is 11.1 Å². The summed E-state index contributed by atoms with van der Waals surface area (Å²) in [6, 6.07) is 4.98. The van der Waals surface area contributed by atoms with Gasteiger partial charge in [0, 0.05) is 36.1 Å². The minimum atomic E-state index is -0.985. The Balaban J connectivity index is 1.94. The van der Waals surface area contributed by atoms with Gasteiger partial charge in [0.2, 0.25) is 5.91 Å². The van der Waals surface area contributed by atoms with Gasteiger partial charge >= 0.3 is 5.97 Å². The van der Waals surface area contributed by atoms with Gasteiger partial charge in [-0.15, -0.1) is 0 Å². The van der Waals surface area contributed by atoms with Gasteiger partial charge in [0.1, 0.15) is 5.76 Å². The number of amides is 1. The number of hydrogen-bond donors (Lipinski definition) is 3. The average Bonchev–Trinajstić information content (AvgIpc) is 3.15. The van der Waals surface area contributed by atoms with Gasteiger partial charge in [0.05, 0.1) is 24.9 Å². The zero-order chi connectivity index (χ0) is 19.4. The molecule has 144 valence electrons. The summed E-state index contributed by atoms with van der Waals surface area (Å²) < 4.78 is 5.48. The van der Waals surface area contributed by atoms with Crippen molar-refractivity contribution >= 4 is 11.9 Å². The number of carbonyl (C=O) groups is 2. The number of furan rings is 1. The summed E-state index contributed by atoms with van der Waals surface area (Å²) in [4.78, 5) is 30.0. The molecule has 0 saturated carbocycles. The molecule has 4 N–H and O–H groups in total. The number of aromatic nitrogens is 1. The molecule has 3 heterocycles. The van der Waals surface area contributed by atoms with E-state index in [2.05, 4.69) is 15.2 Å². The quantitative estimate of drug-likeness (QED) is 0.702. The van der Waals surface area contributed by atoms with E-state index < -0.39 is 5.97 Å². The van der Waals surface area contributed by atoms with E-state index in [4.69, 9.17) is 10.2 Å². The van der Waals surface area contributed by atoms with Crippen LogP contribution in [0.4, 0.5) is 0 Å². The summed E-state index contributed by atoms with van der Waals surface area (Å²) in [5, 5.41) is 12.6. The van der Waals surface area contributed by atoms with Crippen LogP contribution in [0, 0.1) is 6.92 Å². The SMILES string of the molecule is Cc1nccc(C(=O)O)c1C1CC(NC(=O)CN)CCN1Cc1ccco1. The van der Waals surface area contributed by atoms with Crippen molar-refractivity contribution in [2.24, 2.45) is 5.73 Å². The second kappa shape index (κ2) is 8.32. The van der Waals surface area contributed by atoms with Crippen molar-refractivity contribution in [1.29, 1.82) is 0 Å². The number of aromatic carboxylic acids is 1. The number of piperidine rings is 1. The topological polar surface area (TPSA) is 122 Å². The highest BCUT2D eigenvalue weighted by Crippen LogP contribution is 2.35. The zero-order valence-corrected chi connectivity index (χ0v) is 15.2. The lowest BCUT2D eigenvalue weighted by molar-refractivity contribution is -0.120. The molecule has 2 aromatic heterocycles. The standard InChI is InChI=1S/C19H24N4O4/c1-12-18(15(19(25)26)4-6-21-12)16-9-13(22-17(24)10-20)5-7-23(16)11-14-3-2-8-27-14/h2-4,6,8,13,16H,5,7,9-11,20H2,1H3,(H,22,24)(H,25,26). The van der Waals surface area contributed by atoms with Gasteiger partial charge in [0.25, 0.3) is 0 Å². The van der Waals surface area contributed by atoms with Gasteiger partial charge in [0.15, 0.2) is 0 Å². The second-order valence-electron chi connectivity index (χ2n) is 6.72. The Bertz CT molecular complexity index is 806. The fourth-order valence-corrected chi connectivity index (χ4v) is 3.71. The molecule has 2 unspecified atom stereocenters. The number of hydrogen-bond acceptors (Lipinski definition) is 6.